The highest BCUT2D eigenvalue weighted by Gasteiger charge is 2.27. The molecule has 0 aromatic heterocycles. The molecule has 1 N–H and O–H groups in total. The average molecular weight is 290 g/mol. The van der Waals surface area contributed by atoms with E-state index in [9.17, 15) is 0 Å². The average Bonchev–Trinajstić information content (AvgIpc) is 2.40. The van der Waals surface area contributed by atoms with Crippen molar-refractivity contribution in [3.8, 4) is 0 Å². The molecule has 21 heavy (non-hydrogen) atoms. The molecule has 0 aliphatic rings. The van der Waals surface area contributed by atoms with Crippen molar-refractivity contribution in [1.82, 2.24) is 5.32 Å². The van der Waals surface area contributed by atoms with Crippen LogP contribution in [0.15, 0.2) is 12.1 Å². The smallest absolute Gasteiger partial charge is 0.00109 e. The number of nitrogens with one attached hydrogen (secondary N) is 1. The van der Waals surface area contributed by atoms with Gasteiger partial charge in [0.1, 0.15) is 0 Å². The minimum absolute atomic E-state index is 0.389. The van der Waals surface area contributed by atoms with Gasteiger partial charge in [-0.3, -0.25) is 0 Å². The van der Waals surface area contributed by atoms with Crippen molar-refractivity contribution in [3.05, 3.63) is 34.4 Å². The summed E-state index contributed by atoms with van der Waals surface area (Å²) in [5.41, 5.74) is 6.26. The molecular weight excluding hydrogens is 254 g/mol. The summed E-state index contributed by atoms with van der Waals surface area (Å²) in [5, 5.41) is 3.70. The van der Waals surface area contributed by atoms with Crippen molar-refractivity contribution in [2.24, 2.45) is 11.3 Å². The fraction of sp³-hybridized carbons (Fsp3) is 0.700. The molecule has 120 valence electrons. The quantitative estimate of drug-likeness (QED) is 0.693. The van der Waals surface area contributed by atoms with Gasteiger partial charge in [-0.15, -0.1) is 0 Å². The van der Waals surface area contributed by atoms with E-state index in [1.54, 1.807) is 5.56 Å². The van der Waals surface area contributed by atoms with Crippen LogP contribution in [0.3, 0.4) is 0 Å². The summed E-state index contributed by atoms with van der Waals surface area (Å²) in [6.45, 7) is 18.2. The van der Waals surface area contributed by atoms with Gasteiger partial charge in [-0.25, -0.2) is 0 Å². The monoisotopic (exact) mass is 289 g/mol. The lowest BCUT2D eigenvalue weighted by atomic mass is 9.75. The lowest BCUT2D eigenvalue weighted by Gasteiger charge is -2.34. The van der Waals surface area contributed by atoms with Gasteiger partial charge in [0.2, 0.25) is 0 Å². The zero-order valence-corrected chi connectivity index (χ0v) is 15.3. The standard InChI is InChI=1S/C20H35N/c1-8-20(9-2,14-21-13-15(3)4)12-19-17(6)10-16(5)11-18(19)7/h10-11,15,21H,8-9,12-14H2,1-7H3. The zero-order chi connectivity index (χ0) is 16.0. The molecule has 0 aliphatic carbocycles. The summed E-state index contributed by atoms with van der Waals surface area (Å²) in [6.07, 6.45) is 3.67. The number of benzene rings is 1. The SMILES string of the molecule is CCC(CC)(CNCC(C)C)Cc1c(C)cc(C)cc1C. The third-order valence-electron chi connectivity index (χ3n) is 4.94. The van der Waals surface area contributed by atoms with Gasteiger partial charge >= 0.3 is 0 Å². The molecule has 1 nitrogen and oxygen atoms in total. The Labute approximate surface area is 132 Å². The molecule has 1 heteroatoms. The van der Waals surface area contributed by atoms with Crippen molar-refractivity contribution in [2.45, 2.75) is 67.7 Å². The fourth-order valence-electron chi connectivity index (χ4n) is 3.30. The first kappa shape index (κ1) is 18.2. The van der Waals surface area contributed by atoms with Crippen molar-refractivity contribution in [3.63, 3.8) is 0 Å². The van der Waals surface area contributed by atoms with Crippen LogP contribution in [0.4, 0.5) is 0 Å². The number of rotatable bonds is 8. The summed E-state index contributed by atoms with van der Waals surface area (Å²) < 4.78 is 0. The highest BCUT2D eigenvalue weighted by atomic mass is 14.9. The largest absolute Gasteiger partial charge is 0.316 e. The Bertz CT molecular complexity index is 418. The molecule has 0 radical (unpaired) electrons. The van der Waals surface area contributed by atoms with Crippen LogP contribution in [0.2, 0.25) is 0 Å². The van der Waals surface area contributed by atoms with Crippen LogP contribution in [0.1, 0.15) is 62.8 Å². The summed E-state index contributed by atoms with van der Waals surface area (Å²) in [7, 11) is 0. The van der Waals surface area contributed by atoms with E-state index in [1.165, 1.54) is 36.0 Å². The predicted octanol–water partition coefficient (Wildman–Crippen LogP) is 5.21. The van der Waals surface area contributed by atoms with Gasteiger partial charge in [0.15, 0.2) is 0 Å². The van der Waals surface area contributed by atoms with Crippen molar-refractivity contribution >= 4 is 0 Å². The number of hydrogen-bond acceptors (Lipinski definition) is 1. The molecule has 0 atom stereocenters. The van der Waals surface area contributed by atoms with E-state index in [-0.39, 0.29) is 0 Å². The van der Waals surface area contributed by atoms with Gasteiger partial charge < -0.3 is 5.32 Å². The first-order chi connectivity index (χ1) is 9.83. The number of aryl methyl sites for hydroxylation is 3. The summed E-state index contributed by atoms with van der Waals surface area (Å²) >= 11 is 0. The van der Waals surface area contributed by atoms with Crippen molar-refractivity contribution in [1.29, 1.82) is 0 Å². The first-order valence-corrected chi connectivity index (χ1v) is 8.61. The fourth-order valence-corrected chi connectivity index (χ4v) is 3.30. The molecule has 1 aromatic carbocycles. The van der Waals surface area contributed by atoms with Crippen LogP contribution in [-0.2, 0) is 6.42 Å². The lowest BCUT2D eigenvalue weighted by Crippen LogP contribution is -2.37. The van der Waals surface area contributed by atoms with Crippen LogP contribution in [0, 0.1) is 32.1 Å². The van der Waals surface area contributed by atoms with E-state index >= 15 is 0 Å². The van der Waals surface area contributed by atoms with Gasteiger partial charge in [-0.05, 0) is 74.6 Å². The van der Waals surface area contributed by atoms with Crippen LogP contribution < -0.4 is 5.32 Å². The molecule has 0 heterocycles. The van der Waals surface area contributed by atoms with Crippen LogP contribution in [0.5, 0.6) is 0 Å². The summed E-state index contributed by atoms with van der Waals surface area (Å²) in [4.78, 5) is 0. The van der Waals surface area contributed by atoms with Gasteiger partial charge in [0, 0.05) is 6.54 Å². The minimum atomic E-state index is 0.389. The van der Waals surface area contributed by atoms with Crippen LogP contribution in [0.25, 0.3) is 0 Å². The Morgan fingerprint density at radius 3 is 1.95 bits per heavy atom. The Balaban J connectivity index is 2.92. The van der Waals surface area contributed by atoms with E-state index in [0.717, 1.165) is 19.0 Å². The maximum atomic E-state index is 3.70. The Hall–Kier alpha value is -0.820. The molecule has 0 amide bonds. The summed E-state index contributed by atoms with van der Waals surface area (Å²) in [6, 6.07) is 4.67. The highest BCUT2D eigenvalue weighted by Crippen LogP contribution is 2.33. The molecular formula is C20H35N. The van der Waals surface area contributed by atoms with Crippen molar-refractivity contribution < 1.29 is 0 Å². The lowest BCUT2D eigenvalue weighted by molar-refractivity contribution is 0.242. The molecule has 0 saturated carbocycles. The highest BCUT2D eigenvalue weighted by molar-refractivity contribution is 5.38. The molecule has 0 aliphatic heterocycles. The topological polar surface area (TPSA) is 12.0 Å². The maximum absolute atomic E-state index is 3.70. The van der Waals surface area contributed by atoms with E-state index in [2.05, 4.69) is 65.9 Å². The predicted molar refractivity (Wildman–Crippen MR) is 95.1 cm³/mol. The normalized spacial score (nSPS) is 12.2. The van der Waals surface area contributed by atoms with Gasteiger partial charge in [0.05, 0.1) is 0 Å². The van der Waals surface area contributed by atoms with Gasteiger partial charge in [-0.2, -0.15) is 0 Å². The molecule has 0 fully saturated rings. The van der Waals surface area contributed by atoms with Crippen molar-refractivity contribution in [2.75, 3.05) is 13.1 Å². The van der Waals surface area contributed by atoms with E-state index in [0.29, 0.717) is 5.41 Å². The third kappa shape index (κ3) is 5.14. The third-order valence-corrected chi connectivity index (χ3v) is 4.94. The molecule has 1 rings (SSSR count). The maximum Gasteiger partial charge on any atom is 0.00109 e. The van der Waals surface area contributed by atoms with E-state index in [4.69, 9.17) is 0 Å². The second-order valence-corrected chi connectivity index (χ2v) is 7.29. The second kappa shape index (κ2) is 7.98. The Kier molecular flexibility index (Phi) is 6.93. The Morgan fingerprint density at radius 2 is 1.52 bits per heavy atom. The zero-order valence-electron chi connectivity index (χ0n) is 15.3. The second-order valence-electron chi connectivity index (χ2n) is 7.29. The van der Waals surface area contributed by atoms with Gasteiger partial charge in [-0.1, -0.05) is 45.4 Å². The molecule has 0 saturated heterocycles. The molecule has 0 bridgehead atoms. The Morgan fingerprint density at radius 1 is 1.00 bits per heavy atom. The summed E-state index contributed by atoms with van der Waals surface area (Å²) in [5.74, 6) is 0.722. The van der Waals surface area contributed by atoms with Crippen LogP contribution in [-0.4, -0.2) is 13.1 Å². The number of hydrogen-bond donors (Lipinski definition) is 1. The molecule has 1 aromatic rings. The van der Waals surface area contributed by atoms with Crippen LogP contribution >= 0.6 is 0 Å². The van der Waals surface area contributed by atoms with Gasteiger partial charge in [0.25, 0.3) is 0 Å². The van der Waals surface area contributed by atoms with E-state index < -0.39 is 0 Å². The minimum Gasteiger partial charge on any atom is -0.316 e. The first-order valence-electron chi connectivity index (χ1n) is 8.61. The molecule has 0 unspecified atom stereocenters. The van der Waals surface area contributed by atoms with E-state index in [1.807, 2.05) is 0 Å². The molecule has 0 spiro atoms.